The van der Waals surface area contributed by atoms with Crippen LogP contribution in [0.2, 0.25) is 0 Å². The van der Waals surface area contributed by atoms with Crippen LogP contribution in [0.15, 0.2) is 29.6 Å². The molecule has 0 aliphatic heterocycles. The fourth-order valence-electron chi connectivity index (χ4n) is 1.45. The first-order valence-electron chi connectivity index (χ1n) is 5.66. The first-order chi connectivity index (χ1) is 9.47. The van der Waals surface area contributed by atoms with Crippen molar-refractivity contribution < 1.29 is 14.8 Å². The molecule has 1 aromatic carbocycles. The molecule has 0 fully saturated rings. The van der Waals surface area contributed by atoms with Gasteiger partial charge in [0.25, 0.3) is 11.6 Å². The summed E-state index contributed by atoms with van der Waals surface area (Å²) in [5, 5.41) is 24.3. The number of nitrogens with zero attached hydrogens (tertiary/aromatic N) is 2. The maximum atomic E-state index is 11.3. The van der Waals surface area contributed by atoms with Crippen LogP contribution in [-0.4, -0.2) is 27.0 Å². The van der Waals surface area contributed by atoms with Gasteiger partial charge < -0.3 is 5.11 Å². The van der Waals surface area contributed by atoms with Gasteiger partial charge in [-0.2, -0.15) is 0 Å². The molecule has 20 heavy (non-hydrogen) atoms. The normalized spacial score (nSPS) is 11.9. The third kappa shape index (κ3) is 3.16. The minimum atomic E-state index is -1.12. The molecule has 0 bridgehead atoms. The van der Waals surface area contributed by atoms with Gasteiger partial charge in [-0.15, -0.1) is 11.3 Å². The quantitative estimate of drug-likeness (QED) is 0.663. The lowest BCUT2D eigenvalue weighted by Crippen LogP contribution is -2.24. The third-order valence-electron chi connectivity index (χ3n) is 2.47. The highest BCUT2D eigenvalue weighted by molar-refractivity contribution is 7.14. The Labute approximate surface area is 118 Å². The number of anilines is 1. The second-order valence-corrected chi connectivity index (χ2v) is 4.87. The van der Waals surface area contributed by atoms with E-state index >= 15 is 0 Å². The molecule has 0 saturated carbocycles. The van der Waals surface area contributed by atoms with Gasteiger partial charge in [-0.05, 0) is 6.92 Å². The maximum Gasteiger partial charge on any atom is 0.270 e. The molecule has 1 atom stereocenters. The lowest BCUT2D eigenvalue weighted by atomic mass is 10.1. The summed E-state index contributed by atoms with van der Waals surface area (Å²) in [7, 11) is 0. The van der Waals surface area contributed by atoms with Crippen LogP contribution >= 0.6 is 11.3 Å². The van der Waals surface area contributed by atoms with Crippen LogP contribution in [0.1, 0.15) is 6.92 Å². The van der Waals surface area contributed by atoms with Gasteiger partial charge in [0.05, 0.1) is 10.6 Å². The largest absolute Gasteiger partial charge is 0.384 e. The Balaban J connectivity index is 2.22. The van der Waals surface area contributed by atoms with Crippen LogP contribution in [0.3, 0.4) is 0 Å². The fourth-order valence-corrected chi connectivity index (χ4v) is 2.17. The SMILES string of the molecule is CC(O)C(=O)Nc1nc(-c2cccc([N+](=O)[O-])c2)cs1. The number of carbonyl (C=O) groups is 1. The standard InChI is InChI=1S/C12H11N3O4S/c1-7(16)11(17)14-12-13-10(6-20-12)8-3-2-4-9(5-8)15(18)19/h2-7,16H,1H3,(H,13,14,17). The number of nitrogens with one attached hydrogen (secondary N) is 1. The van der Waals surface area contributed by atoms with Gasteiger partial charge in [0.1, 0.15) is 6.10 Å². The summed E-state index contributed by atoms with van der Waals surface area (Å²) >= 11 is 1.18. The van der Waals surface area contributed by atoms with Crippen molar-refractivity contribution in [3.8, 4) is 11.3 Å². The van der Waals surface area contributed by atoms with E-state index in [-0.39, 0.29) is 5.69 Å². The first-order valence-corrected chi connectivity index (χ1v) is 6.54. The number of rotatable bonds is 4. The molecule has 0 radical (unpaired) electrons. The highest BCUT2D eigenvalue weighted by atomic mass is 32.1. The van der Waals surface area contributed by atoms with E-state index in [1.165, 1.54) is 30.4 Å². The van der Waals surface area contributed by atoms with Crippen molar-refractivity contribution in [1.82, 2.24) is 4.98 Å². The van der Waals surface area contributed by atoms with Crippen LogP contribution in [0, 0.1) is 10.1 Å². The molecule has 0 spiro atoms. The van der Waals surface area contributed by atoms with Gasteiger partial charge >= 0.3 is 0 Å². The highest BCUT2D eigenvalue weighted by Crippen LogP contribution is 2.27. The minimum absolute atomic E-state index is 0.0231. The molecule has 7 nitrogen and oxygen atoms in total. The number of non-ortho nitro benzene ring substituents is 1. The van der Waals surface area contributed by atoms with Crippen molar-refractivity contribution in [3.63, 3.8) is 0 Å². The molecule has 1 unspecified atom stereocenters. The van der Waals surface area contributed by atoms with Gasteiger partial charge in [0.2, 0.25) is 0 Å². The number of aliphatic hydroxyl groups is 1. The lowest BCUT2D eigenvalue weighted by Gasteiger charge is -2.02. The molecule has 104 valence electrons. The smallest absolute Gasteiger partial charge is 0.270 e. The number of nitro benzene ring substituents is 1. The molecular formula is C12H11N3O4S. The van der Waals surface area contributed by atoms with Gasteiger partial charge in [-0.25, -0.2) is 4.98 Å². The molecular weight excluding hydrogens is 282 g/mol. The van der Waals surface area contributed by atoms with E-state index in [1.54, 1.807) is 17.5 Å². The molecule has 0 aliphatic rings. The summed E-state index contributed by atoms with van der Waals surface area (Å²) in [6, 6.07) is 6.07. The third-order valence-corrected chi connectivity index (χ3v) is 3.22. The summed E-state index contributed by atoms with van der Waals surface area (Å²) in [5.41, 5.74) is 1.10. The summed E-state index contributed by atoms with van der Waals surface area (Å²) in [4.78, 5) is 25.7. The number of hydrogen-bond acceptors (Lipinski definition) is 6. The van der Waals surface area contributed by atoms with Crippen molar-refractivity contribution in [2.24, 2.45) is 0 Å². The van der Waals surface area contributed by atoms with E-state index in [1.807, 2.05) is 0 Å². The number of aliphatic hydroxyl groups excluding tert-OH is 1. The molecule has 2 rings (SSSR count). The Kier molecular flexibility index (Phi) is 4.06. The number of carbonyl (C=O) groups excluding carboxylic acids is 1. The van der Waals surface area contributed by atoms with Crippen LogP contribution in [0.5, 0.6) is 0 Å². The molecule has 0 aliphatic carbocycles. The highest BCUT2D eigenvalue weighted by Gasteiger charge is 2.13. The number of benzene rings is 1. The van der Waals surface area contributed by atoms with Crippen LogP contribution in [0.4, 0.5) is 10.8 Å². The van der Waals surface area contributed by atoms with Crippen molar-refractivity contribution in [1.29, 1.82) is 0 Å². The van der Waals surface area contributed by atoms with Gasteiger partial charge in [-0.1, -0.05) is 12.1 Å². The Bertz CT molecular complexity index is 654. The number of amides is 1. The van der Waals surface area contributed by atoms with Crippen molar-refractivity contribution in [3.05, 3.63) is 39.8 Å². The van der Waals surface area contributed by atoms with Crippen LogP contribution < -0.4 is 5.32 Å². The van der Waals surface area contributed by atoms with E-state index in [9.17, 15) is 14.9 Å². The van der Waals surface area contributed by atoms with Gasteiger partial charge in [-0.3, -0.25) is 20.2 Å². The Morgan fingerprint density at radius 3 is 2.95 bits per heavy atom. The predicted octanol–water partition coefficient (Wildman–Crippen LogP) is 2.04. The molecule has 2 aromatic rings. The zero-order valence-corrected chi connectivity index (χ0v) is 11.3. The molecule has 1 aromatic heterocycles. The topological polar surface area (TPSA) is 105 Å². The molecule has 2 N–H and O–H groups in total. The monoisotopic (exact) mass is 293 g/mol. The van der Waals surface area contributed by atoms with E-state index in [0.29, 0.717) is 16.4 Å². The van der Waals surface area contributed by atoms with E-state index in [0.717, 1.165) is 0 Å². The summed E-state index contributed by atoms with van der Waals surface area (Å²) < 4.78 is 0. The van der Waals surface area contributed by atoms with Gasteiger partial charge in [0, 0.05) is 23.1 Å². The molecule has 0 saturated heterocycles. The summed E-state index contributed by atoms with van der Waals surface area (Å²) in [6.45, 7) is 1.35. The second-order valence-electron chi connectivity index (χ2n) is 4.01. The van der Waals surface area contributed by atoms with Gasteiger partial charge in [0.15, 0.2) is 5.13 Å². The lowest BCUT2D eigenvalue weighted by molar-refractivity contribution is -0.384. The first kappa shape index (κ1) is 14.1. The molecule has 1 amide bonds. The zero-order chi connectivity index (χ0) is 14.7. The zero-order valence-electron chi connectivity index (χ0n) is 10.4. The maximum absolute atomic E-state index is 11.3. The Morgan fingerprint density at radius 2 is 2.30 bits per heavy atom. The average molecular weight is 293 g/mol. The van der Waals surface area contributed by atoms with E-state index in [4.69, 9.17) is 5.11 Å². The summed E-state index contributed by atoms with van der Waals surface area (Å²) in [5.74, 6) is -0.551. The number of hydrogen-bond donors (Lipinski definition) is 2. The van der Waals surface area contributed by atoms with Crippen molar-refractivity contribution in [2.75, 3.05) is 5.32 Å². The number of thiazole rings is 1. The minimum Gasteiger partial charge on any atom is -0.384 e. The predicted molar refractivity (Wildman–Crippen MR) is 74.5 cm³/mol. The summed E-state index contributed by atoms with van der Waals surface area (Å²) in [6.07, 6.45) is -1.12. The van der Waals surface area contributed by atoms with E-state index in [2.05, 4.69) is 10.3 Å². The molecule has 1 heterocycles. The average Bonchev–Trinajstić information content (AvgIpc) is 2.87. The number of nitro groups is 1. The molecule has 8 heteroatoms. The second kappa shape index (κ2) is 5.76. The number of aromatic nitrogens is 1. The van der Waals surface area contributed by atoms with Crippen molar-refractivity contribution >= 4 is 28.1 Å². The van der Waals surface area contributed by atoms with Crippen molar-refractivity contribution in [2.45, 2.75) is 13.0 Å². The van der Waals surface area contributed by atoms with Crippen LogP contribution in [-0.2, 0) is 4.79 Å². The van der Waals surface area contributed by atoms with E-state index < -0.39 is 16.9 Å². The fraction of sp³-hybridized carbons (Fsp3) is 0.167. The Hall–Kier alpha value is -2.32. The Morgan fingerprint density at radius 1 is 1.55 bits per heavy atom. The van der Waals surface area contributed by atoms with Crippen LogP contribution in [0.25, 0.3) is 11.3 Å².